The number of thioether (sulfide) groups is 1. The van der Waals surface area contributed by atoms with E-state index < -0.39 is 29.3 Å². The lowest BCUT2D eigenvalue weighted by molar-refractivity contribution is -0.158. The first-order valence-corrected chi connectivity index (χ1v) is 8.52. The molecule has 2 rings (SSSR count). The molecule has 0 fully saturated rings. The maximum atomic E-state index is 12.2. The molecule has 0 unspecified atom stereocenters. The quantitative estimate of drug-likeness (QED) is 0.674. The van der Waals surface area contributed by atoms with E-state index in [9.17, 15) is 19.2 Å². The lowest BCUT2D eigenvalue weighted by Crippen LogP contribution is -2.46. The molecule has 0 spiro atoms. The van der Waals surface area contributed by atoms with Crippen LogP contribution in [0.2, 0.25) is 0 Å². The highest BCUT2D eigenvalue weighted by Gasteiger charge is 2.32. The third-order valence-corrected chi connectivity index (χ3v) is 4.70. The van der Waals surface area contributed by atoms with Crippen LogP contribution in [0.4, 0.5) is 10.5 Å². The van der Waals surface area contributed by atoms with Crippen LogP contribution in [0.3, 0.4) is 0 Å². The Labute approximate surface area is 148 Å². The number of rotatable bonds is 5. The van der Waals surface area contributed by atoms with E-state index in [-0.39, 0.29) is 18.2 Å². The monoisotopic (exact) mass is 365 g/mol. The summed E-state index contributed by atoms with van der Waals surface area (Å²) in [5.41, 5.74) is 5.60. The highest BCUT2D eigenvalue weighted by Crippen LogP contribution is 2.36. The van der Waals surface area contributed by atoms with Gasteiger partial charge in [0.1, 0.15) is 0 Å². The van der Waals surface area contributed by atoms with Gasteiger partial charge in [0, 0.05) is 4.90 Å². The van der Waals surface area contributed by atoms with Gasteiger partial charge in [-0.2, -0.15) is 0 Å². The molecule has 2 atom stereocenters. The summed E-state index contributed by atoms with van der Waals surface area (Å²) in [6.45, 7) is 3.33. The van der Waals surface area contributed by atoms with E-state index in [1.807, 2.05) is 17.4 Å². The highest BCUT2D eigenvalue weighted by atomic mass is 32.2. The van der Waals surface area contributed by atoms with Crippen molar-refractivity contribution in [3.05, 3.63) is 24.3 Å². The van der Waals surface area contributed by atoms with Gasteiger partial charge in [-0.05, 0) is 18.1 Å². The zero-order valence-corrected chi connectivity index (χ0v) is 14.6. The van der Waals surface area contributed by atoms with E-state index in [1.54, 1.807) is 26.0 Å². The van der Waals surface area contributed by atoms with Crippen LogP contribution >= 0.6 is 11.8 Å². The minimum atomic E-state index is -1.16. The molecule has 0 radical (unpaired) electrons. The fourth-order valence-electron chi connectivity index (χ4n) is 2.25. The third kappa shape index (κ3) is 4.96. The zero-order chi connectivity index (χ0) is 18.6. The SMILES string of the molecule is CC(C)[C@@H](OC(=O)C[C@@H]1Sc2ccccc2NC1=O)C(=O)NC(N)=O. The van der Waals surface area contributed by atoms with E-state index in [4.69, 9.17) is 10.5 Å². The number of esters is 1. The summed E-state index contributed by atoms with van der Waals surface area (Å²) in [5.74, 6) is -2.16. The maximum absolute atomic E-state index is 12.2. The number of amides is 4. The Kier molecular flexibility index (Phi) is 6.02. The van der Waals surface area contributed by atoms with Crippen molar-refractivity contribution in [2.24, 2.45) is 11.7 Å². The molecule has 0 aromatic heterocycles. The average Bonchev–Trinajstić information content (AvgIpc) is 2.52. The number of urea groups is 1. The van der Waals surface area contributed by atoms with Gasteiger partial charge in [-0.15, -0.1) is 11.8 Å². The van der Waals surface area contributed by atoms with Gasteiger partial charge in [-0.3, -0.25) is 19.7 Å². The van der Waals surface area contributed by atoms with Gasteiger partial charge in [-0.25, -0.2) is 4.79 Å². The number of hydrogen-bond acceptors (Lipinski definition) is 6. The number of hydrogen-bond donors (Lipinski definition) is 3. The number of para-hydroxylation sites is 1. The van der Waals surface area contributed by atoms with Crippen LogP contribution in [0, 0.1) is 5.92 Å². The fraction of sp³-hybridized carbons (Fsp3) is 0.375. The van der Waals surface area contributed by atoms with Crippen LogP contribution in [-0.4, -0.2) is 35.2 Å². The highest BCUT2D eigenvalue weighted by molar-refractivity contribution is 8.01. The molecule has 4 N–H and O–H groups in total. The summed E-state index contributed by atoms with van der Waals surface area (Å²) in [6.07, 6.45) is -1.36. The predicted octanol–water partition coefficient (Wildman–Crippen LogP) is 1.25. The van der Waals surface area contributed by atoms with Gasteiger partial charge in [0.15, 0.2) is 6.10 Å². The third-order valence-electron chi connectivity index (χ3n) is 3.43. The number of nitrogens with one attached hydrogen (secondary N) is 2. The van der Waals surface area contributed by atoms with Crippen molar-refractivity contribution in [2.45, 2.75) is 36.5 Å². The van der Waals surface area contributed by atoms with Gasteiger partial charge in [0.05, 0.1) is 17.4 Å². The van der Waals surface area contributed by atoms with Crippen molar-refractivity contribution in [3.63, 3.8) is 0 Å². The number of carbonyl (C=O) groups is 4. The Morgan fingerprint density at radius 1 is 1.32 bits per heavy atom. The molecule has 4 amide bonds. The number of benzene rings is 1. The van der Waals surface area contributed by atoms with Crippen LogP contribution in [0.25, 0.3) is 0 Å². The lowest BCUT2D eigenvalue weighted by atomic mass is 10.1. The van der Waals surface area contributed by atoms with Crippen LogP contribution in [0.15, 0.2) is 29.2 Å². The Balaban J connectivity index is 2.00. The molecule has 1 aliphatic heterocycles. The summed E-state index contributed by atoms with van der Waals surface area (Å²) in [7, 11) is 0. The second kappa shape index (κ2) is 8.02. The molecular weight excluding hydrogens is 346 g/mol. The first-order valence-electron chi connectivity index (χ1n) is 7.64. The fourth-order valence-corrected chi connectivity index (χ4v) is 3.35. The van der Waals surface area contributed by atoms with Crippen molar-refractivity contribution >= 4 is 41.3 Å². The standard InChI is InChI=1S/C16H19N3O5S/c1-8(2)13(15(22)19-16(17)23)24-12(20)7-11-14(21)18-9-5-3-4-6-10(9)25-11/h3-6,8,11,13H,7H2,1-2H3,(H,18,21)(H3,17,19,22,23)/t11-,13+/m0/s1. The molecule has 1 aromatic rings. The average molecular weight is 365 g/mol. The van der Waals surface area contributed by atoms with Gasteiger partial charge in [-0.1, -0.05) is 26.0 Å². The maximum Gasteiger partial charge on any atom is 0.318 e. The van der Waals surface area contributed by atoms with Crippen LogP contribution in [0.1, 0.15) is 20.3 Å². The summed E-state index contributed by atoms with van der Waals surface area (Å²) >= 11 is 1.26. The number of imide groups is 1. The Bertz CT molecular complexity index is 707. The number of anilines is 1. The molecule has 0 saturated heterocycles. The summed E-state index contributed by atoms with van der Waals surface area (Å²) in [4.78, 5) is 47.8. The van der Waals surface area contributed by atoms with Gasteiger partial charge >= 0.3 is 12.0 Å². The molecular formula is C16H19N3O5S. The van der Waals surface area contributed by atoms with Crippen molar-refractivity contribution in [1.29, 1.82) is 0 Å². The minimum absolute atomic E-state index is 0.197. The molecule has 0 saturated carbocycles. The lowest BCUT2D eigenvalue weighted by Gasteiger charge is -2.25. The Morgan fingerprint density at radius 2 is 2.00 bits per heavy atom. The van der Waals surface area contributed by atoms with Crippen molar-refractivity contribution in [2.75, 3.05) is 5.32 Å². The largest absolute Gasteiger partial charge is 0.452 e. The van der Waals surface area contributed by atoms with Gasteiger partial charge in [0.2, 0.25) is 5.91 Å². The summed E-state index contributed by atoms with van der Waals surface area (Å²) in [6, 6.07) is 6.23. The molecule has 0 aliphatic carbocycles. The zero-order valence-electron chi connectivity index (χ0n) is 13.8. The van der Waals surface area contributed by atoms with Crippen LogP contribution < -0.4 is 16.4 Å². The van der Waals surface area contributed by atoms with Crippen LogP contribution in [-0.2, 0) is 19.1 Å². The predicted molar refractivity (Wildman–Crippen MR) is 91.8 cm³/mol. The van der Waals surface area contributed by atoms with Crippen molar-refractivity contribution in [1.82, 2.24) is 5.32 Å². The normalized spacial score (nSPS) is 17.2. The second-order valence-electron chi connectivity index (χ2n) is 5.80. The number of carbonyl (C=O) groups excluding carboxylic acids is 4. The molecule has 8 nitrogen and oxygen atoms in total. The molecule has 0 bridgehead atoms. The number of nitrogens with two attached hydrogens (primary N) is 1. The molecule has 134 valence electrons. The molecule has 1 heterocycles. The van der Waals surface area contributed by atoms with Gasteiger partial charge < -0.3 is 15.8 Å². The number of fused-ring (bicyclic) bond motifs is 1. The van der Waals surface area contributed by atoms with E-state index in [2.05, 4.69) is 5.32 Å². The van der Waals surface area contributed by atoms with E-state index >= 15 is 0 Å². The van der Waals surface area contributed by atoms with E-state index in [1.165, 1.54) is 11.8 Å². The van der Waals surface area contributed by atoms with E-state index in [0.717, 1.165) is 4.90 Å². The van der Waals surface area contributed by atoms with Gasteiger partial charge in [0.25, 0.3) is 5.91 Å². The summed E-state index contributed by atoms with van der Waals surface area (Å²) < 4.78 is 5.16. The first-order chi connectivity index (χ1) is 11.8. The minimum Gasteiger partial charge on any atom is -0.452 e. The number of primary amides is 1. The first kappa shape index (κ1) is 18.8. The summed E-state index contributed by atoms with van der Waals surface area (Å²) in [5, 5.41) is 3.97. The molecule has 25 heavy (non-hydrogen) atoms. The Hall–Kier alpha value is -2.55. The topological polar surface area (TPSA) is 128 Å². The number of ether oxygens (including phenoxy) is 1. The molecule has 1 aliphatic rings. The second-order valence-corrected chi connectivity index (χ2v) is 7.05. The van der Waals surface area contributed by atoms with E-state index in [0.29, 0.717) is 5.69 Å². The Morgan fingerprint density at radius 3 is 2.64 bits per heavy atom. The van der Waals surface area contributed by atoms with Crippen molar-refractivity contribution in [3.8, 4) is 0 Å². The smallest absolute Gasteiger partial charge is 0.318 e. The van der Waals surface area contributed by atoms with Crippen LogP contribution in [0.5, 0.6) is 0 Å². The molecule has 9 heteroatoms. The van der Waals surface area contributed by atoms with Crippen molar-refractivity contribution < 1.29 is 23.9 Å². The molecule has 1 aromatic carbocycles.